The number of carbonyl (C=O) groups excluding carboxylic acids is 1. The lowest BCUT2D eigenvalue weighted by Gasteiger charge is -2.20. The lowest BCUT2D eigenvalue weighted by Crippen LogP contribution is -2.24. The molecule has 0 saturated carbocycles. The van der Waals surface area contributed by atoms with Gasteiger partial charge in [-0.3, -0.25) is 4.79 Å². The molecule has 0 fully saturated rings. The van der Waals surface area contributed by atoms with Gasteiger partial charge in [-0.1, -0.05) is 29.8 Å². The molecule has 37 heavy (non-hydrogen) atoms. The van der Waals surface area contributed by atoms with Gasteiger partial charge in [-0.25, -0.2) is 4.98 Å². The van der Waals surface area contributed by atoms with Crippen molar-refractivity contribution in [1.82, 2.24) is 24.8 Å². The fraction of sp³-hybridized carbons (Fsp3) is 0.185. The van der Waals surface area contributed by atoms with Crippen LogP contribution in [0, 0.1) is 0 Å². The number of para-hydroxylation sites is 1. The summed E-state index contributed by atoms with van der Waals surface area (Å²) in [6.45, 7) is 0.459. The summed E-state index contributed by atoms with van der Waals surface area (Å²) in [5.41, 5.74) is 1.72. The Hall–Kier alpha value is -3.82. The molecule has 2 heterocycles. The first kappa shape index (κ1) is 24.9. The summed E-state index contributed by atoms with van der Waals surface area (Å²) in [7, 11) is 3.72. The minimum atomic E-state index is -4.68. The highest BCUT2D eigenvalue weighted by molar-refractivity contribution is 6.31. The molecule has 0 aliphatic rings. The van der Waals surface area contributed by atoms with Gasteiger partial charge in [0.25, 0.3) is 5.91 Å². The number of nitrogens with zero attached hydrogens (tertiary/aromatic N) is 3. The topological polar surface area (TPSA) is 66.0 Å². The van der Waals surface area contributed by atoms with Crippen molar-refractivity contribution in [1.29, 1.82) is 0 Å². The Morgan fingerprint density at radius 1 is 1.08 bits per heavy atom. The average molecular weight is 526 g/mol. The molecule has 0 aliphatic carbocycles. The normalized spacial score (nSPS) is 12.1. The van der Waals surface area contributed by atoms with Crippen LogP contribution in [0.5, 0.6) is 0 Å². The molecule has 0 unspecified atom stereocenters. The molecule has 2 aromatic heterocycles. The molecule has 2 N–H and O–H groups in total. The molecule has 0 radical (unpaired) electrons. The Labute approximate surface area is 215 Å². The summed E-state index contributed by atoms with van der Waals surface area (Å²) in [6, 6.07) is 18.0. The summed E-state index contributed by atoms with van der Waals surface area (Å²) in [6.07, 6.45) is -4.68. The Morgan fingerprint density at radius 2 is 1.86 bits per heavy atom. The van der Waals surface area contributed by atoms with Crippen LogP contribution in [0.25, 0.3) is 27.6 Å². The van der Waals surface area contributed by atoms with Gasteiger partial charge in [0.1, 0.15) is 5.82 Å². The smallest absolute Gasteiger partial charge is 0.345 e. The molecule has 0 aliphatic heterocycles. The van der Waals surface area contributed by atoms with E-state index in [9.17, 15) is 18.0 Å². The first-order valence-corrected chi connectivity index (χ1v) is 11.9. The standard InChI is InChI=1S/C27H23ClF3N5O/c1-35(2)15-19-11-16-5-3-4-6-23(16)36(19)24-10-7-17(12-20(24)27(29,30)31)26(37)32-14-25-33-21-9-8-18(28)13-22(21)34-25/h3-13H,14-15H2,1-2H3,(H,32,37)(H,33,34). The van der Waals surface area contributed by atoms with E-state index in [4.69, 9.17) is 11.6 Å². The summed E-state index contributed by atoms with van der Waals surface area (Å²) in [4.78, 5) is 22.2. The fourth-order valence-corrected chi connectivity index (χ4v) is 4.58. The van der Waals surface area contributed by atoms with Crippen LogP contribution in [0.1, 0.15) is 27.4 Å². The number of alkyl halides is 3. The van der Waals surface area contributed by atoms with Gasteiger partial charge in [-0.05, 0) is 62.6 Å². The highest BCUT2D eigenvalue weighted by Gasteiger charge is 2.35. The number of nitrogens with one attached hydrogen (secondary N) is 2. The highest BCUT2D eigenvalue weighted by Crippen LogP contribution is 2.37. The molecule has 6 nitrogen and oxygen atoms in total. The van der Waals surface area contributed by atoms with Gasteiger partial charge >= 0.3 is 6.18 Å². The van der Waals surface area contributed by atoms with Crippen LogP contribution < -0.4 is 5.32 Å². The van der Waals surface area contributed by atoms with E-state index in [2.05, 4.69) is 15.3 Å². The van der Waals surface area contributed by atoms with Crippen LogP contribution >= 0.6 is 11.6 Å². The molecule has 5 rings (SSSR count). The van der Waals surface area contributed by atoms with Crippen molar-refractivity contribution in [3.8, 4) is 5.69 Å². The van der Waals surface area contributed by atoms with Crippen LogP contribution in [0.4, 0.5) is 13.2 Å². The molecular formula is C27H23ClF3N5O. The van der Waals surface area contributed by atoms with Crippen molar-refractivity contribution in [2.45, 2.75) is 19.3 Å². The van der Waals surface area contributed by atoms with Gasteiger partial charge in [-0.2, -0.15) is 13.2 Å². The van der Waals surface area contributed by atoms with E-state index in [-0.39, 0.29) is 17.8 Å². The average Bonchev–Trinajstić information content (AvgIpc) is 3.41. The van der Waals surface area contributed by atoms with Gasteiger partial charge in [0.05, 0.1) is 34.3 Å². The van der Waals surface area contributed by atoms with Gasteiger partial charge < -0.3 is 19.8 Å². The molecule has 0 bridgehead atoms. The third kappa shape index (κ3) is 5.05. The zero-order chi connectivity index (χ0) is 26.3. The molecule has 10 heteroatoms. The second-order valence-corrected chi connectivity index (χ2v) is 9.46. The monoisotopic (exact) mass is 525 g/mol. The number of fused-ring (bicyclic) bond motifs is 2. The third-order valence-corrected chi connectivity index (χ3v) is 6.22. The molecule has 0 spiro atoms. The number of imidazole rings is 1. The number of carbonyl (C=O) groups is 1. The van der Waals surface area contributed by atoms with Gasteiger partial charge in [0.15, 0.2) is 0 Å². The zero-order valence-corrected chi connectivity index (χ0v) is 20.8. The molecule has 1 amide bonds. The van der Waals surface area contributed by atoms with E-state index >= 15 is 0 Å². The number of halogens is 4. The molecule has 0 atom stereocenters. The van der Waals surface area contributed by atoms with Crippen LogP contribution in [0.3, 0.4) is 0 Å². The maximum absolute atomic E-state index is 14.3. The van der Waals surface area contributed by atoms with E-state index in [1.54, 1.807) is 34.9 Å². The number of rotatable bonds is 6. The van der Waals surface area contributed by atoms with E-state index in [0.29, 0.717) is 34.1 Å². The fourth-order valence-electron chi connectivity index (χ4n) is 4.42. The van der Waals surface area contributed by atoms with Crippen LogP contribution in [-0.2, 0) is 19.3 Å². The zero-order valence-electron chi connectivity index (χ0n) is 20.0. The Kier molecular flexibility index (Phi) is 6.43. The second kappa shape index (κ2) is 9.57. The Morgan fingerprint density at radius 3 is 2.62 bits per heavy atom. The molecular weight excluding hydrogens is 503 g/mol. The van der Waals surface area contributed by atoms with Crippen LogP contribution in [0.15, 0.2) is 66.7 Å². The maximum Gasteiger partial charge on any atom is 0.418 e. The largest absolute Gasteiger partial charge is 0.418 e. The molecule has 190 valence electrons. The van der Waals surface area contributed by atoms with E-state index < -0.39 is 17.6 Å². The SMILES string of the molecule is CN(C)Cc1cc2ccccc2n1-c1ccc(C(=O)NCc2nc3cc(Cl)ccc3[nH]2)cc1C(F)(F)F. The molecule has 5 aromatic rings. The summed E-state index contributed by atoms with van der Waals surface area (Å²) < 4.78 is 44.5. The maximum atomic E-state index is 14.3. The summed E-state index contributed by atoms with van der Waals surface area (Å²) in [5, 5.41) is 4.01. The van der Waals surface area contributed by atoms with Gasteiger partial charge in [-0.15, -0.1) is 0 Å². The number of aromatic amines is 1. The first-order chi connectivity index (χ1) is 17.6. The second-order valence-electron chi connectivity index (χ2n) is 9.03. The van der Waals surface area contributed by atoms with Gasteiger partial charge in [0, 0.05) is 28.2 Å². The lowest BCUT2D eigenvalue weighted by molar-refractivity contribution is -0.137. The van der Waals surface area contributed by atoms with Crippen molar-refractivity contribution in [3.05, 3.63) is 94.4 Å². The summed E-state index contributed by atoms with van der Waals surface area (Å²) in [5.74, 6) is -0.174. The molecule has 3 aromatic carbocycles. The lowest BCUT2D eigenvalue weighted by atomic mass is 10.1. The minimum Gasteiger partial charge on any atom is -0.345 e. The number of H-pyrrole nitrogens is 1. The Balaban J connectivity index is 1.49. The number of benzene rings is 3. The number of amides is 1. The number of aromatic nitrogens is 3. The van der Waals surface area contributed by atoms with Crippen LogP contribution in [0.2, 0.25) is 5.02 Å². The van der Waals surface area contributed by atoms with E-state index in [1.165, 1.54) is 12.1 Å². The summed E-state index contributed by atoms with van der Waals surface area (Å²) >= 11 is 5.98. The highest BCUT2D eigenvalue weighted by atomic mass is 35.5. The minimum absolute atomic E-state index is 0.0173. The van der Waals surface area contributed by atoms with E-state index in [0.717, 1.165) is 17.0 Å². The van der Waals surface area contributed by atoms with Gasteiger partial charge in [0.2, 0.25) is 0 Å². The predicted molar refractivity (Wildman–Crippen MR) is 138 cm³/mol. The number of hydrogen-bond donors (Lipinski definition) is 2. The Bertz CT molecular complexity index is 1620. The van der Waals surface area contributed by atoms with E-state index in [1.807, 2.05) is 37.2 Å². The van der Waals surface area contributed by atoms with Crippen molar-refractivity contribution in [3.63, 3.8) is 0 Å². The van der Waals surface area contributed by atoms with Crippen molar-refractivity contribution < 1.29 is 18.0 Å². The predicted octanol–water partition coefficient (Wildman–Crippen LogP) is 6.17. The first-order valence-electron chi connectivity index (χ1n) is 11.5. The van der Waals surface area contributed by atoms with Crippen molar-refractivity contribution in [2.75, 3.05) is 14.1 Å². The quantitative estimate of drug-likeness (QED) is 0.278. The number of hydrogen-bond acceptors (Lipinski definition) is 3. The van der Waals surface area contributed by atoms with Crippen molar-refractivity contribution >= 4 is 39.4 Å². The van der Waals surface area contributed by atoms with Crippen molar-refractivity contribution in [2.24, 2.45) is 0 Å². The molecule has 0 saturated heterocycles. The third-order valence-electron chi connectivity index (χ3n) is 5.98. The van der Waals surface area contributed by atoms with Crippen LogP contribution in [-0.4, -0.2) is 39.4 Å².